The summed E-state index contributed by atoms with van der Waals surface area (Å²) in [5, 5.41) is 4.22. The molecule has 0 aliphatic heterocycles. The number of benzene rings is 1. The smallest absolute Gasteiger partial charge is 0.197 e. The second-order valence-corrected chi connectivity index (χ2v) is 5.51. The van der Waals surface area contributed by atoms with Crippen LogP contribution in [0.4, 0.5) is 10.8 Å². The molecule has 4 nitrogen and oxygen atoms in total. The second-order valence-electron chi connectivity index (χ2n) is 4.74. The SMILES string of the molecule is Cc1cccc(CNc2snc(N)c2OC(C)C)c1. The Balaban J connectivity index is 2.07. The van der Waals surface area contributed by atoms with E-state index in [0.717, 1.165) is 11.5 Å². The van der Waals surface area contributed by atoms with Crippen LogP contribution in [0.5, 0.6) is 5.75 Å². The summed E-state index contributed by atoms with van der Waals surface area (Å²) >= 11 is 1.33. The van der Waals surface area contributed by atoms with Gasteiger partial charge in [-0.25, -0.2) is 0 Å². The maximum Gasteiger partial charge on any atom is 0.197 e. The molecule has 0 spiro atoms. The van der Waals surface area contributed by atoms with Gasteiger partial charge < -0.3 is 15.8 Å². The number of nitrogen functional groups attached to an aromatic ring is 1. The molecule has 0 aliphatic carbocycles. The molecular formula is C14H19N3OS. The van der Waals surface area contributed by atoms with Crippen LogP contribution in [0.25, 0.3) is 0 Å². The number of aromatic nitrogens is 1. The number of nitrogens with zero attached hydrogens (tertiary/aromatic N) is 1. The molecule has 3 N–H and O–H groups in total. The number of nitrogens with one attached hydrogen (secondary N) is 1. The van der Waals surface area contributed by atoms with Crippen LogP contribution in [0, 0.1) is 6.92 Å². The van der Waals surface area contributed by atoms with Crippen LogP contribution < -0.4 is 15.8 Å². The standard InChI is InChI=1S/C14H19N3OS/c1-9(2)18-12-13(15)17-19-14(12)16-8-11-6-4-5-10(3)7-11/h4-7,9,16H,8H2,1-3H3,(H2,15,17). The van der Waals surface area contributed by atoms with E-state index in [4.69, 9.17) is 10.5 Å². The van der Waals surface area contributed by atoms with Gasteiger partial charge in [0.05, 0.1) is 6.10 Å². The molecule has 102 valence electrons. The molecule has 0 saturated heterocycles. The maximum atomic E-state index is 5.82. The lowest BCUT2D eigenvalue weighted by atomic mass is 10.1. The fraction of sp³-hybridized carbons (Fsp3) is 0.357. The largest absolute Gasteiger partial charge is 0.484 e. The Morgan fingerprint density at radius 1 is 1.42 bits per heavy atom. The molecule has 0 bridgehead atoms. The van der Waals surface area contributed by atoms with Crippen molar-refractivity contribution in [1.82, 2.24) is 4.37 Å². The Labute approximate surface area is 117 Å². The van der Waals surface area contributed by atoms with Crippen LogP contribution in [0.15, 0.2) is 24.3 Å². The molecule has 1 aromatic carbocycles. The van der Waals surface area contributed by atoms with Crippen molar-refractivity contribution in [3.63, 3.8) is 0 Å². The molecule has 0 radical (unpaired) electrons. The molecule has 19 heavy (non-hydrogen) atoms. The second kappa shape index (κ2) is 5.93. The molecule has 0 amide bonds. The van der Waals surface area contributed by atoms with Crippen molar-refractivity contribution in [3.8, 4) is 5.75 Å². The number of rotatable bonds is 5. The van der Waals surface area contributed by atoms with Crippen LogP contribution in [0.2, 0.25) is 0 Å². The monoisotopic (exact) mass is 277 g/mol. The Morgan fingerprint density at radius 2 is 2.21 bits per heavy atom. The van der Waals surface area contributed by atoms with Crippen LogP contribution in [-0.4, -0.2) is 10.5 Å². The fourth-order valence-electron chi connectivity index (χ4n) is 1.76. The molecule has 5 heteroatoms. The van der Waals surface area contributed by atoms with Gasteiger partial charge >= 0.3 is 0 Å². The minimum absolute atomic E-state index is 0.0817. The number of anilines is 2. The first-order valence-electron chi connectivity index (χ1n) is 6.27. The fourth-order valence-corrected chi connectivity index (χ4v) is 2.41. The molecule has 2 aromatic rings. The number of hydrogen-bond donors (Lipinski definition) is 2. The van der Waals surface area contributed by atoms with Crippen LogP contribution >= 0.6 is 11.5 Å². The first-order chi connectivity index (χ1) is 9.06. The average Bonchev–Trinajstić information content (AvgIpc) is 2.68. The lowest BCUT2D eigenvalue weighted by molar-refractivity contribution is 0.245. The highest BCUT2D eigenvalue weighted by Crippen LogP contribution is 2.36. The normalized spacial score (nSPS) is 10.7. The lowest BCUT2D eigenvalue weighted by Crippen LogP contribution is -2.08. The zero-order chi connectivity index (χ0) is 13.8. The van der Waals surface area contributed by atoms with Crippen molar-refractivity contribution in [2.45, 2.75) is 33.4 Å². The minimum Gasteiger partial charge on any atom is -0.484 e. The van der Waals surface area contributed by atoms with Crippen LogP contribution in [0.3, 0.4) is 0 Å². The van der Waals surface area contributed by atoms with E-state index >= 15 is 0 Å². The zero-order valence-corrected chi connectivity index (χ0v) is 12.3. The van der Waals surface area contributed by atoms with Gasteiger partial charge in [-0.2, -0.15) is 4.37 Å². The minimum atomic E-state index is 0.0817. The quantitative estimate of drug-likeness (QED) is 0.879. The third-order valence-corrected chi connectivity index (χ3v) is 3.36. The molecule has 0 aliphatic rings. The van der Waals surface area contributed by atoms with Crippen molar-refractivity contribution >= 4 is 22.4 Å². The molecular weight excluding hydrogens is 258 g/mol. The number of nitrogens with two attached hydrogens (primary N) is 1. The summed E-state index contributed by atoms with van der Waals surface area (Å²) in [6.07, 6.45) is 0.0817. The van der Waals surface area contributed by atoms with Gasteiger partial charge in [-0.1, -0.05) is 29.8 Å². The van der Waals surface area contributed by atoms with E-state index in [2.05, 4.69) is 40.9 Å². The molecule has 0 unspecified atom stereocenters. The number of hydrogen-bond acceptors (Lipinski definition) is 5. The maximum absolute atomic E-state index is 5.82. The van der Waals surface area contributed by atoms with Gasteiger partial charge in [-0.3, -0.25) is 0 Å². The van der Waals surface area contributed by atoms with E-state index in [-0.39, 0.29) is 6.10 Å². The Kier molecular flexibility index (Phi) is 4.27. The summed E-state index contributed by atoms with van der Waals surface area (Å²) in [6, 6.07) is 8.38. The van der Waals surface area contributed by atoms with Crippen molar-refractivity contribution < 1.29 is 4.74 Å². The average molecular weight is 277 g/mol. The van der Waals surface area contributed by atoms with E-state index in [9.17, 15) is 0 Å². The van der Waals surface area contributed by atoms with Crippen molar-refractivity contribution in [2.24, 2.45) is 0 Å². The number of aryl methyl sites for hydroxylation is 1. The molecule has 0 saturated carbocycles. The zero-order valence-electron chi connectivity index (χ0n) is 11.4. The molecule has 0 fully saturated rings. The van der Waals surface area contributed by atoms with Gasteiger partial charge in [0.15, 0.2) is 16.6 Å². The molecule has 2 rings (SSSR count). The van der Waals surface area contributed by atoms with Gasteiger partial charge in [0.25, 0.3) is 0 Å². The highest BCUT2D eigenvalue weighted by Gasteiger charge is 2.14. The summed E-state index contributed by atoms with van der Waals surface area (Å²) in [5.41, 5.74) is 8.29. The van der Waals surface area contributed by atoms with Gasteiger partial charge in [-0.15, -0.1) is 0 Å². The van der Waals surface area contributed by atoms with Gasteiger partial charge in [0, 0.05) is 6.54 Å². The Bertz CT molecular complexity index is 551. The lowest BCUT2D eigenvalue weighted by Gasteiger charge is -2.11. The summed E-state index contributed by atoms with van der Waals surface area (Å²) in [5.74, 6) is 1.11. The molecule has 1 heterocycles. The first kappa shape index (κ1) is 13.7. The predicted molar refractivity (Wildman–Crippen MR) is 80.8 cm³/mol. The molecule has 1 aromatic heterocycles. The topological polar surface area (TPSA) is 60.2 Å². The van der Waals surface area contributed by atoms with Crippen LogP contribution in [-0.2, 0) is 6.54 Å². The van der Waals surface area contributed by atoms with E-state index < -0.39 is 0 Å². The van der Waals surface area contributed by atoms with E-state index in [0.29, 0.717) is 11.6 Å². The summed E-state index contributed by atoms with van der Waals surface area (Å²) in [6.45, 7) is 6.77. The van der Waals surface area contributed by atoms with Crippen LogP contribution in [0.1, 0.15) is 25.0 Å². The van der Waals surface area contributed by atoms with E-state index in [1.54, 1.807) is 0 Å². The van der Waals surface area contributed by atoms with Gasteiger partial charge in [0.2, 0.25) is 0 Å². The Morgan fingerprint density at radius 3 is 2.89 bits per heavy atom. The van der Waals surface area contributed by atoms with Crippen molar-refractivity contribution in [3.05, 3.63) is 35.4 Å². The Hall–Kier alpha value is -1.75. The third-order valence-electron chi connectivity index (χ3n) is 2.56. The highest BCUT2D eigenvalue weighted by molar-refractivity contribution is 7.11. The predicted octanol–water partition coefficient (Wildman–Crippen LogP) is 3.43. The van der Waals surface area contributed by atoms with Crippen molar-refractivity contribution in [1.29, 1.82) is 0 Å². The van der Waals surface area contributed by atoms with E-state index in [1.165, 1.54) is 22.7 Å². The van der Waals surface area contributed by atoms with Gasteiger partial charge in [0.1, 0.15) is 0 Å². The summed E-state index contributed by atoms with van der Waals surface area (Å²) < 4.78 is 9.82. The van der Waals surface area contributed by atoms with Crippen molar-refractivity contribution in [2.75, 3.05) is 11.1 Å². The molecule has 0 atom stereocenters. The number of ether oxygens (including phenoxy) is 1. The first-order valence-corrected chi connectivity index (χ1v) is 7.05. The summed E-state index contributed by atoms with van der Waals surface area (Å²) in [4.78, 5) is 0. The van der Waals surface area contributed by atoms with E-state index in [1.807, 2.05) is 13.8 Å². The highest BCUT2D eigenvalue weighted by atomic mass is 32.1. The summed E-state index contributed by atoms with van der Waals surface area (Å²) in [7, 11) is 0. The third kappa shape index (κ3) is 3.61. The van der Waals surface area contributed by atoms with Gasteiger partial charge in [-0.05, 0) is 37.9 Å².